The van der Waals surface area contributed by atoms with E-state index in [1.165, 1.54) is 11.1 Å². The van der Waals surface area contributed by atoms with Crippen LogP contribution in [0.3, 0.4) is 0 Å². The lowest BCUT2D eigenvalue weighted by molar-refractivity contribution is 0.102. The summed E-state index contributed by atoms with van der Waals surface area (Å²) in [7, 11) is 0. The largest absolute Gasteiger partial charge is 0.359 e. The van der Waals surface area contributed by atoms with Crippen LogP contribution in [0.5, 0.6) is 0 Å². The third kappa shape index (κ3) is 2.10. The molecule has 3 N–H and O–H groups in total. The molecule has 2 heterocycles. The van der Waals surface area contributed by atoms with Crippen molar-refractivity contribution in [1.82, 2.24) is 10.3 Å². The molecule has 21 heavy (non-hydrogen) atoms. The van der Waals surface area contributed by atoms with Gasteiger partial charge in [0.2, 0.25) is 0 Å². The number of carbonyl (C=O) groups is 1. The zero-order valence-corrected chi connectivity index (χ0v) is 11.4. The summed E-state index contributed by atoms with van der Waals surface area (Å²) in [5.74, 6) is -0.0770. The lowest BCUT2D eigenvalue weighted by Crippen LogP contribution is -2.12. The molecule has 0 unspecified atom stereocenters. The molecule has 0 aliphatic carbocycles. The van der Waals surface area contributed by atoms with Gasteiger partial charge in [0, 0.05) is 30.2 Å². The Bertz CT molecular complexity index is 835. The number of hydrogen-bond donors (Lipinski definition) is 3. The van der Waals surface area contributed by atoms with Gasteiger partial charge in [-0.3, -0.25) is 4.79 Å². The van der Waals surface area contributed by atoms with Crippen LogP contribution in [0.1, 0.15) is 21.5 Å². The second-order valence-corrected chi connectivity index (χ2v) is 5.29. The van der Waals surface area contributed by atoms with Gasteiger partial charge in [-0.15, -0.1) is 0 Å². The molecule has 1 aromatic heterocycles. The van der Waals surface area contributed by atoms with Crippen LogP contribution in [0, 0.1) is 0 Å². The Kier molecular flexibility index (Phi) is 2.75. The Morgan fingerprint density at radius 3 is 2.90 bits per heavy atom. The molecule has 0 fully saturated rings. The molecule has 1 aliphatic rings. The summed E-state index contributed by atoms with van der Waals surface area (Å²) in [4.78, 5) is 15.6. The van der Waals surface area contributed by atoms with Gasteiger partial charge in [-0.05, 0) is 35.4 Å². The van der Waals surface area contributed by atoms with Crippen LogP contribution in [-0.2, 0) is 13.1 Å². The number of hydrogen-bond acceptors (Lipinski definition) is 2. The van der Waals surface area contributed by atoms with Crippen LogP contribution in [-0.4, -0.2) is 10.9 Å². The number of aromatic nitrogens is 1. The predicted molar refractivity (Wildman–Crippen MR) is 83.2 cm³/mol. The molecule has 4 heteroatoms. The SMILES string of the molecule is O=C(Nc1cccc2cc[nH]c12)c1ccc2c(c1)CNC2. The highest BCUT2D eigenvalue weighted by Gasteiger charge is 2.14. The average Bonchev–Trinajstić information content (AvgIpc) is 3.15. The molecular formula is C17H15N3O. The maximum Gasteiger partial charge on any atom is 0.255 e. The van der Waals surface area contributed by atoms with Crippen molar-refractivity contribution in [3.05, 3.63) is 65.4 Å². The summed E-state index contributed by atoms with van der Waals surface area (Å²) in [5.41, 5.74) is 4.94. The topological polar surface area (TPSA) is 56.9 Å². The fraction of sp³-hybridized carbons (Fsp3) is 0.118. The van der Waals surface area contributed by atoms with Gasteiger partial charge in [0.15, 0.2) is 0 Å². The number of H-pyrrole nitrogens is 1. The smallest absolute Gasteiger partial charge is 0.255 e. The Hall–Kier alpha value is -2.59. The number of amides is 1. The number of aromatic amines is 1. The minimum Gasteiger partial charge on any atom is -0.359 e. The third-order valence-corrected chi connectivity index (χ3v) is 3.93. The molecule has 0 saturated heterocycles. The molecule has 104 valence electrons. The van der Waals surface area contributed by atoms with E-state index in [-0.39, 0.29) is 5.91 Å². The fourth-order valence-corrected chi connectivity index (χ4v) is 2.82. The van der Waals surface area contributed by atoms with Crippen molar-refractivity contribution in [3.8, 4) is 0 Å². The van der Waals surface area contributed by atoms with Gasteiger partial charge < -0.3 is 15.6 Å². The molecule has 0 atom stereocenters. The highest BCUT2D eigenvalue weighted by atomic mass is 16.1. The summed E-state index contributed by atoms with van der Waals surface area (Å²) >= 11 is 0. The summed E-state index contributed by atoms with van der Waals surface area (Å²) in [5, 5.41) is 7.36. The van der Waals surface area contributed by atoms with E-state index in [1.54, 1.807) is 0 Å². The van der Waals surface area contributed by atoms with Crippen molar-refractivity contribution >= 4 is 22.5 Å². The first-order valence-electron chi connectivity index (χ1n) is 7.01. The van der Waals surface area contributed by atoms with E-state index >= 15 is 0 Å². The van der Waals surface area contributed by atoms with Crippen molar-refractivity contribution < 1.29 is 4.79 Å². The van der Waals surface area contributed by atoms with Crippen LogP contribution in [0.4, 0.5) is 5.69 Å². The van der Waals surface area contributed by atoms with Crippen molar-refractivity contribution in [3.63, 3.8) is 0 Å². The van der Waals surface area contributed by atoms with Crippen LogP contribution in [0.2, 0.25) is 0 Å². The number of anilines is 1. The van der Waals surface area contributed by atoms with E-state index in [4.69, 9.17) is 0 Å². The number of nitrogens with one attached hydrogen (secondary N) is 3. The first kappa shape index (κ1) is 12.2. The van der Waals surface area contributed by atoms with E-state index in [0.29, 0.717) is 5.56 Å². The third-order valence-electron chi connectivity index (χ3n) is 3.93. The first-order valence-corrected chi connectivity index (χ1v) is 7.01. The summed E-state index contributed by atoms with van der Waals surface area (Å²) in [6.07, 6.45) is 1.88. The molecule has 1 amide bonds. The Morgan fingerprint density at radius 2 is 1.95 bits per heavy atom. The molecule has 0 spiro atoms. The molecule has 0 bridgehead atoms. The van der Waals surface area contributed by atoms with E-state index in [2.05, 4.69) is 15.6 Å². The van der Waals surface area contributed by atoms with Crippen molar-refractivity contribution in [2.75, 3.05) is 5.32 Å². The average molecular weight is 277 g/mol. The Balaban J connectivity index is 1.65. The van der Waals surface area contributed by atoms with Gasteiger partial charge >= 0.3 is 0 Å². The van der Waals surface area contributed by atoms with Crippen LogP contribution < -0.4 is 10.6 Å². The van der Waals surface area contributed by atoms with Crippen molar-refractivity contribution in [2.24, 2.45) is 0 Å². The second kappa shape index (κ2) is 4.75. The number of benzene rings is 2. The number of rotatable bonds is 2. The van der Waals surface area contributed by atoms with E-state index in [0.717, 1.165) is 29.7 Å². The summed E-state index contributed by atoms with van der Waals surface area (Å²) < 4.78 is 0. The predicted octanol–water partition coefficient (Wildman–Crippen LogP) is 3.02. The fourth-order valence-electron chi connectivity index (χ4n) is 2.82. The molecule has 4 rings (SSSR count). The van der Waals surface area contributed by atoms with Gasteiger partial charge in [0.1, 0.15) is 0 Å². The molecule has 4 nitrogen and oxygen atoms in total. The molecular weight excluding hydrogens is 262 g/mol. The maximum absolute atomic E-state index is 12.4. The second-order valence-electron chi connectivity index (χ2n) is 5.29. The van der Waals surface area contributed by atoms with Gasteiger partial charge in [-0.25, -0.2) is 0 Å². The molecule has 0 saturated carbocycles. The standard InChI is InChI=1S/C17H15N3O/c21-17(12-4-5-13-9-18-10-14(13)8-12)20-15-3-1-2-11-6-7-19-16(11)15/h1-8,18-19H,9-10H2,(H,20,21). The Morgan fingerprint density at radius 1 is 1.05 bits per heavy atom. The van der Waals surface area contributed by atoms with Crippen molar-refractivity contribution in [1.29, 1.82) is 0 Å². The first-order chi connectivity index (χ1) is 10.3. The normalized spacial score (nSPS) is 13.3. The molecule has 0 radical (unpaired) electrons. The highest BCUT2D eigenvalue weighted by molar-refractivity contribution is 6.08. The van der Waals surface area contributed by atoms with Gasteiger partial charge in [0.25, 0.3) is 5.91 Å². The Labute approximate surface area is 122 Å². The maximum atomic E-state index is 12.4. The van der Waals surface area contributed by atoms with E-state index in [9.17, 15) is 4.79 Å². The molecule has 3 aromatic rings. The van der Waals surface area contributed by atoms with Crippen molar-refractivity contribution in [2.45, 2.75) is 13.1 Å². The number of para-hydroxylation sites is 1. The van der Waals surface area contributed by atoms with Crippen LogP contribution in [0.25, 0.3) is 10.9 Å². The minimum atomic E-state index is -0.0770. The monoisotopic (exact) mass is 277 g/mol. The molecule has 2 aromatic carbocycles. The zero-order chi connectivity index (χ0) is 14.2. The highest BCUT2D eigenvalue weighted by Crippen LogP contribution is 2.23. The van der Waals surface area contributed by atoms with E-state index < -0.39 is 0 Å². The number of carbonyl (C=O) groups excluding carboxylic acids is 1. The minimum absolute atomic E-state index is 0.0770. The lowest BCUT2D eigenvalue weighted by Gasteiger charge is -2.08. The lowest BCUT2D eigenvalue weighted by atomic mass is 10.1. The van der Waals surface area contributed by atoms with Crippen LogP contribution in [0.15, 0.2) is 48.7 Å². The summed E-state index contributed by atoms with van der Waals surface area (Å²) in [6, 6.07) is 13.7. The molecule has 1 aliphatic heterocycles. The van der Waals surface area contributed by atoms with Gasteiger partial charge in [0.05, 0.1) is 11.2 Å². The zero-order valence-electron chi connectivity index (χ0n) is 11.4. The summed E-state index contributed by atoms with van der Waals surface area (Å²) in [6.45, 7) is 1.72. The van der Waals surface area contributed by atoms with Crippen LogP contribution >= 0.6 is 0 Å². The number of fused-ring (bicyclic) bond motifs is 2. The van der Waals surface area contributed by atoms with E-state index in [1.807, 2.05) is 48.7 Å². The quantitative estimate of drug-likeness (QED) is 0.674. The van der Waals surface area contributed by atoms with Gasteiger partial charge in [-0.2, -0.15) is 0 Å². The van der Waals surface area contributed by atoms with Gasteiger partial charge in [-0.1, -0.05) is 18.2 Å².